The fourth-order valence-electron chi connectivity index (χ4n) is 3.75. The van der Waals surface area contributed by atoms with Crippen LogP contribution in [0.3, 0.4) is 0 Å². The number of nitrogens with zero attached hydrogens (tertiary/aromatic N) is 1. The van der Waals surface area contributed by atoms with Gasteiger partial charge in [0.05, 0.1) is 6.54 Å². The summed E-state index contributed by atoms with van der Waals surface area (Å²) < 4.78 is 13.2. The van der Waals surface area contributed by atoms with Crippen LogP contribution >= 0.6 is 0 Å². The number of carboxylic acids is 1. The summed E-state index contributed by atoms with van der Waals surface area (Å²) >= 11 is 0. The zero-order chi connectivity index (χ0) is 21.8. The highest BCUT2D eigenvalue weighted by molar-refractivity contribution is 6.02. The molecule has 2 aromatic carbocycles. The van der Waals surface area contributed by atoms with E-state index in [2.05, 4.69) is 4.57 Å². The number of aromatic nitrogens is 1. The fraction of sp³-hybridized carbons (Fsp3) is 0.360. The summed E-state index contributed by atoms with van der Waals surface area (Å²) in [6.07, 6.45) is 3.54. The molecule has 1 heterocycles. The zero-order valence-corrected chi connectivity index (χ0v) is 17.6. The number of ketones is 1. The van der Waals surface area contributed by atoms with E-state index in [1.54, 1.807) is 6.92 Å². The third-order valence-electron chi connectivity index (χ3n) is 5.59. The van der Waals surface area contributed by atoms with Gasteiger partial charge < -0.3 is 19.1 Å². The number of ether oxygens (including phenoxy) is 2. The number of fused-ring (bicyclic) bond motifs is 1. The van der Waals surface area contributed by atoms with Gasteiger partial charge in [-0.1, -0.05) is 12.1 Å². The predicted molar refractivity (Wildman–Crippen MR) is 118 cm³/mol. The Labute approximate surface area is 181 Å². The van der Waals surface area contributed by atoms with Gasteiger partial charge in [-0.05, 0) is 61.7 Å². The lowest BCUT2D eigenvalue weighted by molar-refractivity contribution is -0.149. The molecule has 31 heavy (non-hydrogen) atoms. The minimum Gasteiger partial charge on any atom is -0.492 e. The minimum atomic E-state index is -0.954. The van der Waals surface area contributed by atoms with Crippen molar-refractivity contribution in [1.82, 2.24) is 4.57 Å². The van der Waals surface area contributed by atoms with Crippen molar-refractivity contribution in [1.29, 1.82) is 0 Å². The van der Waals surface area contributed by atoms with E-state index >= 15 is 0 Å². The first kappa shape index (κ1) is 21.1. The quantitative estimate of drug-likeness (QED) is 0.466. The number of carbonyl (C=O) groups is 2. The SMILES string of the molecule is CCOC(Cc1ccc(OCCn2ccc3cc(C(=O)C4CC4)ccc32)cc1)C(=O)O. The van der Waals surface area contributed by atoms with E-state index in [4.69, 9.17) is 9.47 Å². The van der Waals surface area contributed by atoms with Crippen LogP contribution in [0.2, 0.25) is 0 Å². The van der Waals surface area contributed by atoms with Crippen LogP contribution in [0.5, 0.6) is 5.75 Å². The van der Waals surface area contributed by atoms with E-state index in [9.17, 15) is 14.7 Å². The first-order valence-electron chi connectivity index (χ1n) is 10.7. The summed E-state index contributed by atoms with van der Waals surface area (Å²) in [5.74, 6) is 0.275. The van der Waals surface area contributed by atoms with Crippen LogP contribution in [-0.4, -0.2) is 40.7 Å². The molecule has 0 saturated heterocycles. The zero-order valence-electron chi connectivity index (χ0n) is 17.6. The second-order valence-corrected chi connectivity index (χ2v) is 7.90. The van der Waals surface area contributed by atoms with Crippen LogP contribution in [0.4, 0.5) is 0 Å². The van der Waals surface area contributed by atoms with Crippen LogP contribution in [0, 0.1) is 5.92 Å². The molecule has 1 aromatic heterocycles. The first-order valence-corrected chi connectivity index (χ1v) is 10.7. The molecule has 0 bridgehead atoms. The molecule has 4 rings (SSSR count). The number of aliphatic carboxylic acids is 1. The van der Waals surface area contributed by atoms with Crippen molar-refractivity contribution in [3.8, 4) is 5.75 Å². The molecule has 1 N–H and O–H groups in total. The number of benzene rings is 2. The second kappa shape index (κ2) is 9.35. The summed E-state index contributed by atoms with van der Waals surface area (Å²) in [6.45, 7) is 3.34. The maximum Gasteiger partial charge on any atom is 0.333 e. The van der Waals surface area contributed by atoms with Gasteiger partial charge in [-0.3, -0.25) is 4.79 Å². The number of rotatable bonds is 11. The molecule has 0 aliphatic heterocycles. The highest BCUT2D eigenvalue weighted by atomic mass is 16.5. The van der Waals surface area contributed by atoms with Gasteiger partial charge in [-0.2, -0.15) is 0 Å². The number of carbonyl (C=O) groups excluding carboxylic acids is 1. The van der Waals surface area contributed by atoms with Crippen molar-refractivity contribution < 1.29 is 24.2 Å². The molecule has 1 saturated carbocycles. The lowest BCUT2D eigenvalue weighted by Crippen LogP contribution is -2.26. The summed E-state index contributed by atoms with van der Waals surface area (Å²) in [7, 11) is 0. The molecule has 3 aromatic rings. The normalized spacial score (nSPS) is 14.5. The molecule has 0 radical (unpaired) electrons. The second-order valence-electron chi connectivity index (χ2n) is 7.90. The van der Waals surface area contributed by atoms with Crippen LogP contribution in [-0.2, 0) is 22.5 Å². The molecule has 6 nitrogen and oxygen atoms in total. The summed E-state index contributed by atoms with van der Waals surface area (Å²) in [6, 6.07) is 15.4. The lowest BCUT2D eigenvalue weighted by atomic mass is 10.1. The van der Waals surface area contributed by atoms with E-state index in [-0.39, 0.29) is 11.7 Å². The van der Waals surface area contributed by atoms with Gasteiger partial charge in [-0.15, -0.1) is 0 Å². The minimum absolute atomic E-state index is 0.230. The summed E-state index contributed by atoms with van der Waals surface area (Å²) in [5.41, 5.74) is 2.78. The summed E-state index contributed by atoms with van der Waals surface area (Å²) in [5, 5.41) is 10.3. The Balaban J connectivity index is 1.32. The van der Waals surface area contributed by atoms with Crippen molar-refractivity contribution in [2.24, 2.45) is 5.92 Å². The Kier molecular flexibility index (Phi) is 6.37. The van der Waals surface area contributed by atoms with Gasteiger partial charge in [0.25, 0.3) is 0 Å². The predicted octanol–water partition coefficient (Wildman–Crippen LogP) is 4.35. The van der Waals surface area contributed by atoms with Gasteiger partial charge >= 0.3 is 5.97 Å². The maximum atomic E-state index is 12.3. The van der Waals surface area contributed by atoms with E-state index in [1.807, 2.05) is 54.7 Å². The Morgan fingerprint density at radius 3 is 2.58 bits per heavy atom. The van der Waals surface area contributed by atoms with Gasteiger partial charge in [0.15, 0.2) is 11.9 Å². The van der Waals surface area contributed by atoms with Gasteiger partial charge in [0, 0.05) is 41.6 Å². The average Bonchev–Trinajstić information content (AvgIpc) is 3.55. The molecule has 0 spiro atoms. The average molecular weight is 421 g/mol. The Morgan fingerprint density at radius 1 is 1.13 bits per heavy atom. The Bertz CT molecular complexity index is 1070. The molecule has 1 aliphatic rings. The molecule has 1 fully saturated rings. The monoisotopic (exact) mass is 421 g/mol. The van der Waals surface area contributed by atoms with Crippen molar-refractivity contribution in [3.63, 3.8) is 0 Å². The van der Waals surface area contributed by atoms with E-state index < -0.39 is 12.1 Å². The number of carboxylic acid groups (broad SMARTS) is 1. The summed E-state index contributed by atoms with van der Waals surface area (Å²) in [4.78, 5) is 23.5. The van der Waals surface area contributed by atoms with Gasteiger partial charge in [-0.25, -0.2) is 4.79 Å². The van der Waals surface area contributed by atoms with E-state index in [0.717, 1.165) is 40.6 Å². The van der Waals surface area contributed by atoms with Gasteiger partial charge in [0.1, 0.15) is 12.4 Å². The Morgan fingerprint density at radius 2 is 1.90 bits per heavy atom. The number of Topliss-reactive ketones (excluding diaryl/α,β-unsaturated/α-hetero) is 1. The molecule has 1 unspecified atom stereocenters. The van der Waals surface area contributed by atoms with Crippen LogP contribution in [0.15, 0.2) is 54.7 Å². The topological polar surface area (TPSA) is 77.8 Å². The molecule has 1 atom stereocenters. The molecule has 162 valence electrons. The number of hydrogen-bond donors (Lipinski definition) is 1. The number of hydrogen-bond acceptors (Lipinski definition) is 4. The lowest BCUT2D eigenvalue weighted by Gasteiger charge is -2.13. The highest BCUT2D eigenvalue weighted by Gasteiger charge is 2.30. The van der Waals surface area contributed by atoms with Crippen molar-refractivity contribution in [3.05, 3.63) is 65.9 Å². The van der Waals surface area contributed by atoms with Gasteiger partial charge in [0.2, 0.25) is 0 Å². The molecular formula is C25H27NO5. The smallest absolute Gasteiger partial charge is 0.333 e. The maximum absolute atomic E-state index is 12.3. The van der Waals surface area contributed by atoms with Crippen molar-refractivity contribution in [2.45, 2.75) is 38.8 Å². The van der Waals surface area contributed by atoms with Crippen LogP contribution in [0.1, 0.15) is 35.7 Å². The van der Waals surface area contributed by atoms with Crippen LogP contribution in [0.25, 0.3) is 10.9 Å². The molecular weight excluding hydrogens is 394 g/mol. The molecule has 6 heteroatoms. The highest BCUT2D eigenvalue weighted by Crippen LogP contribution is 2.33. The molecule has 1 aliphatic carbocycles. The Hall–Kier alpha value is -3.12. The van der Waals surface area contributed by atoms with Crippen molar-refractivity contribution in [2.75, 3.05) is 13.2 Å². The third kappa shape index (κ3) is 5.14. The molecule has 0 amide bonds. The standard InChI is InChI=1S/C25H27NO5/c1-2-30-23(25(28)29)15-17-3-8-21(9-4-17)31-14-13-26-12-11-19-16-20(7-10-22(19)26)24(27)18-5-6-18/h3-4,7-12,16,18,23H,2,5-6,13-15H2,1H3,(H,28,29). The largest absolute Gasteiger partial charge is 0.492 e. The van der Waals surface area contributed by atoms with E-state index in [0.29, 0.717) is 26.2 Å². The van der Waals surface area contributed by atoms with Crippen LogP contribution < -0.4 is 4.74 Å². The third-order valence-corrected chi connectivity index (χ3v) is 5.59. The van der Waals surface area contributed by atoms with Crippen molar-refractivity contribution >= 4 is 22.7 Å². The fourth-order valence-corrected chi connectivity index (χ4v) is 3.75. The van der Waals surface area contributed by atoms with E-state index in [1.165, 1.54) is 0 Å². The first-order chi connectivity index (χ1) is 15.0.